The molecule has 0 amide bonds. The first-order valence-electron chi connectivity index (χ1n) is 9.17. The van der Waals surface area contributed by atoms with Crippen molar-refractivity contribution in [3.05, 3.63) is 53.3 Å². The van der Waals surface area contributed by atoms with Gasteiger partial charge in [-0.1, -0.05) is 13.0 Å². The Bertz CT molecular complexity index is 984. The summed E-state index contributed by atoms with van der Waals surface area (Å²) in [5, 5.41) is 10.8. The lowest BCUT2D eigenvalue weighted by Crippen LogP contribution is -2.01. The maximum absolute atomic E-state index is 13.5. The normalized spacial score (nSPS) is 14.6. The smallest absolute Gasteiger partial charge is 0.161 e. The van der Waals surface area contributed by atoms with E-state index in [1.165, 1.54) is 12.1 Å². The number of fused-ring (bicyclic) bond motifs is 3. The molecule has 1 heterocycles. The van der Waals surface area contributed by atoms with Gasteiger partial charge in [0.15, 0.2) is 11.5 Å². The summed E-state index contributed by atoms with van der Waals surface area (Å²) in [6.45, 7) is 7.18. The van der Waals surface area contributed by atoms with Crippen molar-refractivity contribution in [2.75, 3.05) is 18.5 Å². The monoisotopic (exact) mass is 367 g/mol. The highest BCUT2D eigenvalue weighted by Crippen LogP contribution is 2.50. The summed E-state index contributed by atoms with van der Waals surface area (Å²) >= 11 is 0. The molecule has 2 N–H and O–H groups in total. The minimum Gasteiger partial charge on any atom is -0.490 e. The summed E-state index contributed by atoms with van der Waals surface area (Å²) in [7, 11) is 0. The van der Waals surface area contributed by atoms with Crippen molar-refractivity contribution in [2.45, 2.75) is 26.7 Å². The second kappa shape index (κ2) is 6.95. The predicted octanol–water partition coefficient (Wildman–Crippen LogP) is 5.22. The number of anilines is 2. The Balaban J connectivity index is 1.74. The lowest BCUT2D eigenvalue weighted by atomic mass is 9.99. The summed E-state index contributed by atoms with van der Waals surface area (Å²) in [5.41, 5.74) is 4.81. The molecule has 4 rings (SSSR count). The van der Waals surface area contributed by atoms with Gasteiger partial charge in [-0.25, -0.2) is 4.39 Å². The number of ether oxygens (including phenoxy) is 2. The zero-order chi connectivity index (χ0) is 19.0. The molecule has 0 bridgehead atoms. The van der Waals surface area contributed by atoms with Crippen molar-refractivity contribution in [2.24, 2.45) is 0 Å². The second-order valence-electron chi connectivity index (χ2n) is 6.47. The van der Waals surface area contributed by atoms with Crippen LogP contribution < -0.4 is 14.8 Å². The van der Waals surface area contributed by atoms with E-state index in [9.17, 15) is 4.39 Å². The molecule has 5 nitrogen and oxygen atoms in total. The number of aromatic nitrogens is 2. The van der Waals surface area contributed by atoms with E-state index in [0.717, 1.165) is 39.7 Å². The van der Waals surface area contributed by atoms with Crippen molar-refractivity contribution in [1.29, 1.82) is 0 Å². The number of aromatic amines is 1. The fraction of sp³-hybridized carbons (Fsp3) is 0.286. The quantitative estimate of drug-likeness (QED) is 0.627. The first-order valence-corrected chi connectivity index (χ1v) is 9.17. The molecule has 27 heavy (non-hydrogen) atoms. The van der Waals surface area contributed by atoms with E-state index < -0.39 is 0 Å². The van der Waals surface area contributed by atoms with Crippen LogP contribution in [0.4, 0.5) is 15.9 Å². The minimum absolute atomic E-state index is 0.125. The number of halogens is 1. The lowest BCUT2D eigenvalue weighted by molar-refractivity contribution is 0.287. The average Bonchev–Trinajstić information content (AvgIpc) is 3.16. The summed E-state index contributed by atoms with van der Waals surface area (Å²) in [6, 6.07) is 10.4. The lowest BCUT2D eigenvalue weighted by Gasteiger charge is -2.15. The number of nitrogens with zero attached hydrogens (tertiary/aromatic N) is 1. The maximum Gasteiger partial charge on any atom is 0.161 e. The largest absolute Gasteiger partial charge is 0.490 e. The third kappa shape index (κ3) is 3.01. The van der Waals surface area contributed by atoms with Gasteiger partial charge < -0.3 is 14.8 Å². The molecule has 0 saturated carbocycles. The molecule has 0 saturated heterocycles. The van der Waals surface area contributed by atoms with Gasteiger partial charge in [0.25, 0.3) is 0 Å². The second-order valence-corrected chi connectivity index (χ2v) is 6.47. The fourth-order valence-corrected chi connectivity index (χ4v) is 3.61. The minimum atomic E-state index is -0.282. The zero-order valence-electron chi connectivity index (χ0n) is 15.6. The summed E-state index contributed by atoms with van der Waals surface area (Å²) in [6.07, 6.45) is 0. The SMILES string of the molecule is CCOc1cc2c(cc1OCC)C(C)c1c-2n[nH]c1Nc1cccc(F)c1. The number of H-pyrrole nitrogens is 1. The topological polar surface area (TPSA) is 59.2 Å². The van der Waals surface area contributed by atoms with Gasteiger partial charge in [0.1, 0.15) is 11.6 Å². The van der Waals surface area contributed by atoms with E-state index in [-0.39, 0.29) is 11.7 Å². The third-order valence-electron chi connectivity index (χ3n) is 4.77. The molecular weight excluding hydrogens is 345 g/mol. The van der Waals surface area contributed by atoms with Crippen molar-refractivity contribution >= 4 is 11.5 Å². The van der Waals surface area contributed by atoms with Gasteiger partial charge in [0, 0.05) is 22.7 Å². The van der Waals surface area contributed by atoms with Crippen LogP contribution in [0.2, 0.25) is 0 Å². The molecular formula is C21H22FN3O2. The molecule has 1 unspecified atom stereocenters. The van der Waals surface area contributed by atoms with E-state index >= 15 is 0 Å². The van der Waals surface area contributed by atoms with Crippen LogP contribution in [0, 0.1) is 5.82 Å². The van der Waals surface area contributed by atoms with Crippen molar-refractivity contribution in [3.63, 3.8) is 0 Å². The van der Waals surface area contributed by atoms with Crippen LogP contribution >= 0.6 is 0 Å². The first-order chi connectivity index (χ1) is 13.1. The predicted molar refractivity (Wildman–Crippen MR) is 104 cm³/mol. The van der Waals surface area contributed by atoms with Crippen LogP contribution in [0.1, 0.15) is 37.8 Å². The van der Waals surface area contributed by atoms with Gasteiger partial charge in [0.2, 0.25) is 0 Å². The maximum atomic E-state index is 13.5. The molecule has 1 atom stereocenters. The van der Waals surface area contributed by atoms with Gasteiger partial charge in [-0.05, 0) is 49.7 Å². The molecule has 0 spiro atoms. The van der Waals surface area contributed by atoms with Gasteiger partial charge >= 0.3 is 0 Å². The standard InChI is InChI=1S/C21H22FN3O2/c1-4-26-17-10-15-12(3)19-20(16(15)11-18(17)27-5-2)24-25-21(19)23-14-8-6-7-13(22)9-14/h6-12H,4-5H2,1-3H3,(H2,23,24,25). The van der Waals surface area contributed by atoms with Crippen molar-refractivity contribution in [3.8, 4) is 22.8 Å². The highest BCUT2D eigenvalue weighted by atomic mass is 19.1. The highest BCUT2D eigenvalue weighted by Gasteiger charge is 2.33. The van der Waals surface area contributed by atoms with Gasteiger partial charge in [-0.3, -0.25) is 5.10 Å². The number of hydrogen-bond acceptors (Lipinski definition) is 4. The van der Waals surface area contributed by atoms with Crippen molar-refractivity contribution < 1.29 is 13.9 Å². The van der Waals surface area contributed by atoms with Crippen LogP contribution in [0.15, 0.2) is 36.4 Å². The first kappa shape index (κ1) is 17.4. The van der Waals surface area contributed by atoms with Crippen LogP contribution in [0.25, 0.3) is 11.3 Å². The Hall–Kier alpha value is -3.02. The molecule has 3 aromatic rings. The number of hydrogen-bond donors (Lipinski definition) is 2. The van der Waals surface area contributed by atoms with Crippen LogP contribution in [-0.2, 0) is 0 Å². The summed E-state index contributed by atoms with van der Waals surface area (Å²) < 4.78 is 25.0. The van der Waals surface area contributed by atoms with Crippen molar-refractivity contribution in [1.82, 2.24) is 10.2 Å². The van der Waals surface area contributed by atoms with Crippen LogP contribution in [0.3, 0.4) is 0 Å². The Labute approximate surface area is 157 Å². The Morgan fingerprint density at radius 2 is 1.85 bits per heavy atom. The molecule has 0 fully saturated rings. The van der Waals surface area contributed by atoms with Crippen LogP contribution in [0.5, 0.6) is 11.5 Å². The fourth-order valence-electron chi connectivity index (χ4n) is 3.61. The van der Waals surface area contributed by atoms with Gasteiger partial charge in [-0.2, -0.15) is 5.10 Å². The molecule has 2 aromatic carbocycles. The molecule has 0 radical (unpaired) electrons. The van der Waals surface area contributed by atoms with E-state index in [4.69, 9.17) is 9.47 Å². The van der Waals surface area contributed by atoms with E-state index in [0.29, 0.717) is 18.9 Å². The Morgan fingerprint density at radius 1 is 1.11 bits per heavy atom. The third-order valence-corrected chi connectivity index (χ3v) is 4.77. The molecule has 1 aliphatic rings. The van der Waals surface area contributed by atoms with E-state index in [2.05, 4.69) is 22.4 Å². The molecule has 140 valence electrons. The average molecular weight is 367 g/mol. The number of benzene rings is 2. The molecule has 6 heteroatoms. The summed E-state index contributed by atoms with van der Waals surface area (Å²) in [5.74, 6) is 2.09. The Morgan fingerprint density at radius 3 is 2.56 bits per heavy atom. The molecule has 1 aliphatic carbocycles. The molecule has 0 aliphatic heterocycles. The number of nitrogens with one attached hydrogen (secondary N) is 2. The number of rotatable bonds is 6. The van der Waals surface area contributed by atoms with Crippen LogP contribution in [-0.4, -0.2) is 23.4 Å². The molecule has 1 aromatic heterocycles. The van der Waals surface area contributed by atoms with E-state index in [1.54, 1.807) is 6.07 Å². The van der Waals surface area contributed by atoms with Gasteiger partial charge in [-0.15, -0.1) is 0 Å². The zero-order valence-corrected chi connectivity index (χ0v) is 15.6. The highest BCUT2D eigenvalue weighted by molar-refractivity contribution is 5.83. The Kier molecular flexibility index (Phi) is 4.48. The van der Waals surface area contributed by atoms with Gasteiger partial charge in [0.05, 0.1) is 18.9 Å². The summed E-state index contributed by atoms with van der Waals surface area (Å²) in [4.78, 5) is 0. The van der Waals surface area contributed by atoms with E-state index in [1.807, 2.05) is 32.0 Å².